The lowest BCUT2D eigenvalue weighted by atomic mass is 10.1. The van der Waals surface area contributed by atoms with E-state index in [1.807, 2.05) is 52.0 Å². The first-order valence-electron chi connectivity index (χ1n) is 11.5. The van der Waals surface area contributed by atoms with Crippen LogP contribution in [0.15, 0.2) is 42.5 Å². The molecule has 0 saturated carbocycles. The summed E-state index contributed by atoms with van der Waals surface area (Å²) in [5, 5.41) is 3.43. The summed E-state index contributed by atoms with van der Waals surface area (Å²) in [7, 11) is -3.87. The maximum Gasteiger partial charge on any atom is 0.244 e. The SMILES string of the molecule is CC[C@H](C)NC(=O)[C@H](CC)N(Cc1ccccc1C)C(=O)CN(c1cc(Cl)cc(Cl)c1)S(C)(=O)=O. The number of hydrogen-bond acceptors (Lipinski definition) is 4. The Morgan fingerprint density at radius 1 is 1.03 bits per heavy atom. The molecule has 10 heteroatoms. The zero-order valence-corrected chi connectivity index (χ0v) is 23.0. The molecule has 0 aliphatic rings. The van der Waals surface area contributed by atoms with Gasteiger partial charge in [0.25, 0.3) is 0 Å². The minimum Gasteiger partial charge on any atom is -0.352 e. The number of carbonyl (C=O) groups is 2. The molecule has 0 radical (unpaired) electrons. The molecule has 2 amide bonds. The van der Waals surface area contributed by atoms with Gasteiger partial charge in [-0.05, 0) is 56.0 Å². The lowest BCUT2D eigenvalue weighted by molar-refractivity contribution is -0.140. The van der Waals surface area contributed by atoms with Crippen LogP contribution in [-0.2, 0) is 26.2 Å². The van der Waals surface area contributed by atoms with Gasteiger partial charge in [-0.25, -0.2) is 8.42 Å². The second-order valence-corrected chi connectivity index (χ2v) is 11.4. The number of anilines is 1. The Morgan fingerprint density at radius 2 is 1.63 bits per heavy atom. The third-order valence-corrected chi connectivity index (χ3v) is 7.38. The van der Waals surface area contributed by atoms with E-state index in [1.165, 1.54) is 23.1 Å². The Bertz CT molecular complexity index is 1140. The molecule has 0 heterocycles. The van der Waals surface area contributed by atoms with Crippen molar-refractivity contribution in [3.8, 4) is 0 Å². The van der Waals surface area contributed by atoms with E-state index in [9.17, 15) is 18.0 Å². The zero-order valence-electron chi connectivity index (χ0n) is 20.7. The van der Waals surface area contributed by atoms with Crippen LogP contribution in [0.4, 0.5) is 5.69 Å². The van der Waals surface area contributed by atoms with Crippen molar-refractivity contribution in [1.82, 2.24) is 10.2 Å². The Kier molecular flexibility index (Phi) is 10.4. The van der Waals surface area contributed by atoms with Gasteiger partial charge in [0, 0.05) is 22.6 Å². The third-order valence-electron chi connectivity index (χ3n) is 5.80. The molecule has 0 unspecified atom stereocenters. The smallest absolute Gasteiger partial charge is 0.244 e. The largest absolute Gasteiger partial charge is 0.352 e. The van der Waals surface area contributed by atoms with E-state index < -0.39 is 28.5 Å². The molecule has 192 valence electrons. The minimum absolute atomic E-state index is 0.0620. The predicted molar refractivity (Wildman–Crippen MR) is 142 cm³/mol. The number of aryl methyl sites for hydroxylation is 1. The van der Waals surface area contributed by atoms with Crippen LogP contribution in [0.2, 0.25) is 10.0 Å². The van der Waals surface area contributed by atoms with Crippen LogP contribution in [0.5, 0.6) is 0 Å². The van der Waals surface area contributed by atoms with Crippen molar-refractivity contribution in [1.29, 1.82) is 0 Å². The highest BCUT2D eigenvalue weighted by molar-refractivity contribution is 7.92. The summed E-state index contributed by atoms with van der Waals surface area (Å²) in [6, 6.07) is 11.1. The summed E-state index contributed by atoms with van der Waals surface area (Å²) in [5.74, 6) is -0.790. The molecule has 0 aliphatic heterocycles. The fourth-order valence-corrected chi connectivity index (χ4v) is 4.98. The van der Waals surface area contributed by atoms with Crippen molar-refractivity contribution < 1.29 is 18.0 Å². The zero-order chi connectivity index (χ0) is 26.3. The fourth-order valence-electron chi connectivity index (χ4n) is 3.63. The molecule has 0 fully saturated rings. The number of benzene rings is 2. The normalized spacial score (nSPS) is 13.1. The van der Waals surface area contributed by atoms with Gasteiger partial charge >= 0.3 is 0 Å². The van der Waals surface area contributed by atoms with Gasteiger partial charge in [0.15, 0.2) is 0 Å². The third kappa shape index (κ3) is 8.12. The molecular formula is C25H33Cl2N3O4S. The molecule has 2 aromatic carbocycles. The van der Waals surface area contributed by atoms with Crippen LogP contribution >= 0.6 is 23.2 Å². The first kappa shape index (κ1) is 28.9. The van der Waals surface area contributed by atoms with Crippen molar-refractivity contribution in [2.75, 3.05) is 17.1 Å². The van der Waals surface area contributed by atoms with Gasteiger partial charge < -0.3 is 10.2 Å². The van der Waals surface area contributed by atoms with Crippen molar-refractivity contribution in [2.45, 2.75) is 59.2 Å². The van der Waals surface area contributed by atoms with Gasteiger partial charge in [0.2, 0.25) is 21.8 Å². The lowest BCUT2D eigenvalue weighted by Crippen LogP contribution is -2.53. The summed E-state index contributed by atoms with van der Waals surface area (Å²) < 4.78 is 26.3. The van der Waals surface area contributed by atoms with E-state index in [0.29, 0.717) is 6.42 Å². The average Bonchev–Trinajstić information content (AvgIpc) is 2.76. The second-order valence-electron chi connectivity index (χ2n) is 8.59. The second kappa shape index (κ2) is 12.6. The summed E-state index contributed by atoms with van der Waals surface area (Å²) in [6.45, 7) is 7.26. The molecule has 2 rings (SSSR count). The van der Waals surface area contributed by atoms with E-state index in [2.05, 4.69) is 5.32 Å². The van der Waals surface area contributed by atoms with Crippen LogP contribution in [0.25, 0.3) is 0 Å². The Morgan fingerprint density at radius 3 is 2.14 bits per heavy atom. The van der Waals surface area contributed by atoms with Crippen LogP contribution < -0.4 is 9.62 Å². The first-order valence-corrected chi connectivity index (χ1v) is 14.1. The highest BCUT2D eigenvalue weighted by Crippen LogP contribution is 2.27. The van der Waals surface area contributed by atoms with Crippen LogP contribution in [0.1, 0.15) is 44.7 Å². The predicted octanol–water partition coefficient (Wildman–Crippen LogP) is 4.79. The number of sulfonamides is 1. The first-order chi connectivity index (χ1) is 16.4. The van der Waals surface area contributed by atoms with Gasteiger partial charge in [-0.15, -0.1) is 0 Å². The Balaban J connectivity index is 2.49. The van der Waals surface area contributed by atoms with Gasteiger partial charge in [-0.2, -0.15) is 0 Å². The van der Waals surface area contributed by atoms with Crippen molar-refractivity contribution in [2.24, 2.45) is 0 Å². The van der Waals surface area contributed by atoms with Crippen molar-refractivity contribution in [3.63, 3.8) is 0 Å². The summed E-state index contributed by atoms with van der Waals surface area (Å²) >= 11 is 12.2. The van der Waals surface area contributed by atoms with E-state index in [1.54, 1.807) is 0 Å². The summed E-state index contributed by atoms with van der Waals surface area (Å²) in [6.07, 6.45) is 2.11. The number of halogens is 2. The molecule has 0 aromatic heterocycles. The Hall–Kier alpha value is -2.29. The van der Waals surface area contributed by atoms with E-state index in [-0.39, 0.29) is 34.2 Å². The number of nitrogens with zero attached hydrogens (tertiary/aromatic N) is 2. The Labute approximate surface area is 218 Å². The molecule has 0 aliphatic carbocycles. The van der Waals surface area contributed by atoms with E-state index in [0.717, 1.165) is 28.1 Å². The molecule has 2 atom stereocenters. The van der Waals surface area contributed by atoms with Crippen molar-refractivity contribution in [3.05, 3.63) is 63.6 Å². The summed E-state index contributed by atoms with van der Waals surface area (Å²) in [5.41, 5.74) is 2.00. The average molecular weight is 543 g/mol. The highest BCUT2D eigenvalue weighted by atomic mass is 35.5. The minimum atomic E-state index is -3.87. The van der Waals surface area contributed by atoms with Crippen LogP contribution in [-0.4, -0.2) is 50.0 Å². The topological polar surface area (TPSA) is 86.8 Å². The monoisotopic (exact) mass is 541 g/mol. The molecule has 7 nitrogen and oxygen atoms in total. The molecule has 2 aromatic rings. The number of carbonyl (C=O) groups excluding carboxylic acids is 2. The van der Waals surface area contributed by atoms with Gasteiger partial charge in [-0.1, -0.05) is 61.3 Å². The maximum atomic E-state index is 13.7. The molecule has 0 saturated heterocycles. The van der Waals surface area contributed by atoms with Crippen LogP contribution in [0, 0.1) is 6.92 Å². The van der Waals surface area contributed by atoms with Gasteiger partial charge in [-0.3, -0.25) is 13.9 Å². The molecule has 0 bridgehead atoms. The molecule has 0 spiro atoms. The maximum absolute atomic E-state index is 13.7. The number of hydrogen-bond donors (Lipinski definition) is 1. The number of nitrogens with one attached hydrogen (secondary N) is 1. The quantitative estimate of drug-likeness (QED) is 0.443. The van der Waals surface area contributed by atoms with Crippen molar-refractivity contribution >= 4 is 50.7 Å². The summed E-state index contributed by atoms with van der Waals surface area (Å²) in [4.78, 5) is 28.3. The lowest BCUT2D eigenvalue weighted by Gasteiger charge is -2.33. The van der Waals surface area contributed by atoms with Gasteiger partial charge in [0.05, 0.1) is 11.9 Å². The molecular weight excluding hydrogens is 509 g/mol. The van der Waals surface area contributed by atoms with Gasteiger partial charge in [0.1, 0.15) is 12.6 Å². The number of rotatable bonds is 11. The number of amides is 2. The molecule has 35 heavy (non-hydrogen) atoms. The molecule has 1 N–H and O–H groups in total. The highest BCUT2D eigenvalue weighted by Gasteiger charge is 2.32. The standard InChI is InChI=1S/C25H33Cl2N3O4S/c1-6-18(4)28-25(32)23(7-2)29(15-19-11-9-8-10-17(19)3)24(31)16-30(35(5,33)34)22-13-20(26)12-21(27)14-22/h8-14,18,23H,6-7,15-16H2,1-5H3,(H,28,32)/t18-,23-/m0/s1. The fraction of sp³-hybridized carbons (Fsp3) is 0.440. The van der Waals surface area contributed by atoms with Crippen LogP contribution in [0.3, 0.4) is 0 Å². The van der Waals surface area contributed by atoms with E-state index >= 15 is 0 Å². The van der Waals surface area contributed by atoms with E-state index in [4.69, 9.17) is 23.2 Å².